The first-order valence-corrected chi connectivity index (χ1v) is 16.9. The highest BCUT2D eigenvalue weighted by molar-refractivity contribution is 6.28. The van der Waals surface area contributed by atoms with Crippen LogP contribution in [0.15, 0.2) is 182 Å². The van der Waals surface area contributed by atoms with E-state index in [4.69, 9.17) is 9.97 Å². The van der Waals surface area contributed by atoms with Crippen LogP contribution in [0.3, 0.4) is 0 Å². The number of nitrogens with zero attached hydrogens (tertiary/aromatic N) is 4. The smallest absolute Gasteiger partial charge is 0.235 e. The van der Waals surface area contributed by atoms with E-state index in [1.54, 1.807) is 0 Å². The number of benzene rings is 7. The summed E-state index contributed by atoms with van der Waals surface area (Å²) in [5.74, 6) is 0.632. The van der Waals surface area contributed by atoms with E-state index >= 15 is 0 Å². The maximum Gasteiger partial charge on any atom is 0.235 e. The van der Waals surface area contributed by atoms with E-state index in [1.807, 2.05) is 12.1 Å². The second-order valence-electron chi connectivity index (χ2n) is 12.6. The van der Waals surface area contributed by atoms with Gasteiger partial charge in [-0.2, -0.15) is 0 Å². The minimum Gasteiger partial charge on any atom is -0.307 e. The molecule has 0 atom stereocenters. The molecule has 0 fully saturated rings. The summed E-state index contributed by atoms with van der Waals surface area (Å²) in [7, 11) is 0. The average Bonchev–Trinajstić information content (AvgIpc) is 3.72. The third kappa shape index (κ3) is 4.39. The molecule has 4 heteroatoms. The van der Waals surface area contributed by atoms with E-state index in [2.05, 4.69) is 179 Å². The van der Waals surface area contributed by atoms with Gasteiger partial charge < -0.3 is 4.57 Å². The van der Waals surface area contributed by atoms with Crippen LogP contribution in [0.2, 0.25) is 0 Å². The largest absolute Gasteiger partial charge is 0.307 e. The molecule has 0 aliphatic carbocycles. The Kier molecular flexibility index (Phi) is 6.46. The van der Waals surface area contributed by atoms with Crippen molar-refractivity contribution in [1.82, 2.24) is 19.1 Å². The average molecular weight is 639 g/mol. The van der Waals surface area contributed by atoms with Crippen molar-refractivity contribution in [1.29, 1.82) is 0 Å². The van der Waals surface area contributed by atoms with Crippen molar-refractivity contribution in [3.8, 4) is 45.3 Å². The van der Waals surface area contributed by atoms with Gasteiger partial charge in [0.25, 0.3) is 0 Å². The van der Waals surface area contributed by atoms with Crippen molar-refractivity contribution in [2.75, 3.05) is 0 Å². The SMILES string of the molecule is c1ccc(-c2cc(-c3ccccc3)nc(-n3c4ccccc4c4c(-c5ccccc5)cc5c6ccccc6n(-c6ccccc6)c5c43)n2)cc1. The van der Waals surface area contributed by atoms with Gasteiger partial charge in [-0.25, -0.2) is 9.97 Å². The molecular formula is C46H30N4. The molecule has 0 radical (unpaired) electrons. The first-order valence-electron chi connectivity index (χ1n) is 16.9. The molecule has 0 aliphatic rings. The van der Waals surface area contributed by atoms with Crippen LogP contribution in [-0.4, -0.2) is 19.1 Å². The molecule has 0 spiro atoms. The summed E-state index contributed by atoms with van der Waals surface area (Å²) in [6.07, 6.45) is 0. The van der Waals surface area contributed by atoms with Gasteiger partial charge in [0.15, 0.2) is 0 Å². The molecule has 0 bridgehead atoms. The van der Waals surface area contributed by atoms with Crippen molar-refractivity contribution >= 4 is 43.6 Å². The molecule has 7 aromatic carbocycles. The highest BCUT2D eigenvalue weighted by Crippen LogP contribution is 2.46. The van der Waals surface area contributed by atoms with Crippen LogP contribution in [0.5, 0.6) is 0 Å². The molecule has 10 rings (SSSR count). The van der Waals surface area contributed by atoms with E-state index in [-0.39, 0.29) is 0 Å². The molecule has 10 aromatic rings. The van der Waals surface area contributed by atoms with Crippen molar-refractivity contribution in [2.45, 2.75) is 0 Å². The Bertz CT molecular complexity index is 2780. The van der Waals surface area contributed by atoms with Crippen molar-refractivity contribution in [3.63, 3.8) is 0 Å². The Balaban J connectivity index is 1.45. The first kappa shape index (κ1) is 28.3. The molecule has 50 heavy (non-hydrogen) atoms. The summed E-state index contributed by atoms with van der Waals surface area (Å²) in [5, 5.41) is 4.71. The highest BCUT2D eigenvalue weighted by atomic mass is 15.2. The minimum atomic E-state index is 0.632. The van der Waals surface area contributed by atoms with Gasteiger partial charge in [0.1, 0.15) is 0 Å². The fourth-order valence-electron chi connectivity index (χ4n) is 7.54. The third-order valence-corrected chi connectivity index (χ3v) is 9.72. The fourth-order valence-corrected chi connectivity index (χ4v) is 7.54. The van der Waals surface area contributed by atoms with Crippen LogP contribution < -0.4 is 0 Å². The first-order chi connectivity index (χ1) is 24.8. The van der Waals surface area contributed by atoms with Gasteiger partial charge in [-0.05, 0) is 47.5 Å². The predicted octanol–water partition coefficient (Wildman–Crippen LogP) is 11.7. The molecule has 3 aromatic heterocycles. The van der Waals surface area contributed by atoms with Crippen LogP contribution in [0.1, 0.15) is 0 Å². The molecule has 0 saturated carbocycles. The fraction of sp³-hybridized carbons (Fsp3) is 0. The van der Waals surface area contributed by atoms with Gasteiger partial charge in [0, 0.05) is 38.4 Å². The molecule has 4 nitrogen and oxygen atoms in total. The van der Waals surface area contributed by atoms with Crippen molar-refractivity contribution in [3.05, 3.63) is 182 Å². The molecule has 0 saturated heterocycles. The van der Waals surface area contributed by atoms with Gasteiger partial charge in [-0.1, -0.05) is 146 Å². The minimum absolute atomic E-state index is 0.632. The molecule has 0 amide bonds. The number of hydrogen-bond donors (Lipinski definition) is 0. The lowest BCUT2D eigenvalue weighted by atomic mass is 9.96. The maximum atomic E-state index is 5.38. The number of aromatic nitrogens is 4. The van der Waals surface area contributed by atoms with E-state index in [0.717, 1.165) is 55.7 Å². The summed E-state index contributed by atoms with van der Waals surface area (Å²) < 4.78 is 4.72. The van der Waals surface area contributed by atoms with Crippen molar-refractivity contribution < 1.29 is 0 Å². The molecule has 234 valence electrons. The van der Waals surface area contributed by atoms with Crippen LogP contribution in [0, 0.1) is 0 Å². The second kappa shape index (κ2) is 11.4. The molecular weight excluding hydrogens is 609 g/mol. The van der Waals surface area contributed by atoms with E-state index in [1.165, 1.54) is 27.3 Å². The Morgan fingerprint density at radius 2 is 0.840 bits per heavy atom. The lowest BCUT2D eigenvalue weighted by Gasteiger charge is -2.15. The van der Waals surface area contributed by atoms with Gasteiger partial charge in [0.2, 0.25) is 5.95 Å². The number of para-hydroxylation sites is 3. The van der Waals surface area contributed by atoms with E-state index in [9.17, 15) is 0 Å². The topological polar surface area (TPSA) is 35.6 Å². The maximum absolute atomic E-state index is 5.38. The van der Waals surface area contributed by atoms with Gasteiger partial charge in [0.05, 0.1) is 33.5 Å². The summed E-state index contributed by atoms with van der Waals surface area (Å²) in [5.41, 5.74) is 11.7. The summed E-state index contributed by atoms with van der Waals surface area (Å²) in [4.78, 5) is 10.8. The normalized spacial score (nSPS) is 11.6. The summed E-state index contributed by atoms with van der Waals surface area (Å²) in [6, 6.07) is 64.1. The lowest BCUT2D eigenvalue weighted by Crippen LogP contribution is -2.05. The zero-order valence-corrected chi connectivity index (χ0v) is 27.1. The number of hydrogen-bond acceptors (Lipinski definition) is 2. The summed E-state index contributed by atoms with van der Waals surface area (Å²) in [6.45, 7) is 0. The number of fused-ring (bicyclic) bond motifs is 7. The molecule has 3 heterocycles. The Hall–Kier alpha value is -6.78. The zero-order chi connectivity index (χ0) is 33.0. The quantitative estimate of drug-likeness (QED) is 0.188. The van der Waals surface area contributed by atoms with Crippen LogP contribution in [0.4, 0.5) is 0 Å². The Labute approximate surface area is 289 Å². The van der Waals surface area contributed by atoms with Gasteiger partial charge in [-0.3, -0.25) is 4.57 Å². The second-order valence-corrected chi connectivity index (χ2v) is 12.6. The number of rotatable bonds is 5. The van der Waals surface area contributed by atoms with Crippen molar-refractivity contribution in [2.24, 2.45) is 0 Å². The third-order valence-electron chi connectivity index (χ3n) is 9.72. The lowest BCUT2D eigenvalue weighted by molar-refractivity contribution is 0.995. The van der Waals surface area contributed by atoms with Crippen LogP contribution >= 0.6 is 0 Å². The molecule has 0 N–H and O–H groups in total. The van der Waals surface area contributed by atoms with Crippen LogP contribution in [0.25, 0.3) is 88.9 Å². The van der Waals surface area contributed by atoms with E-state index in [0.29, 0.717) is 5.95 Å². The standard InChI is InChI=1S/C46H30N4/c1-5-17-31(18-6-1)37-29-38-35-25-13-15-27-41(35)49(34-23-11-4-12-24-34)44(38)45-43(37)36-26-14-16-28-42(36)50(45)46-47-39(32-19-7-2-8-20-32)30-40(48-46)33-21-9-3-10-22-33/h1-30H. The molecule has 0 unspecified atom stereocenters. The summed E-state index contributed by atoms with van der Waals surface area (Å²) >= 11 is 0. The van der Waals surface area contributed by atoms with Gasteiger partial charge >= 0.3 is 0 Å². The highest BCUT2D eigenvalue weighted by Gasteiger charge is 2.25. The predicted molar refractivity (Wildman–Crippen MR) is 207 cm³/mol. The monoisotopic (exact) mass is 638 g/mol. The Morgan fingerprint density at radius 3 is 1.44 bits per heavy atom. The van der Waals surface area contributed by atoms with Crippen LogP contribution in [-0.2, 0) is 0 Å². The zero-order valence-electron chi connectivity index (χ0n) is 27.1. The van der Waals surface area contributed by atoms with Gasteiger partial charge in [-0.15, -0.1) is 0 Å². The van der Waals surface area contributed by atoms with E-state index < -0.39 is 0 Å². The molecule has 0 aliphatic heterocycles. The Morgan fingerprint density at radius 1 is 0.360 bits per heavy atom.